The van der Waals surface area contributed by atoms with Gasteiger partial charge in [0.2, 0.25) is 5.91 Å². The highest BCUT2D eigenvalue weighted by atomic mass is 16.5. The minimum atomic E-state index is -0.488. The second kappa shape index (κ2) is 11.7. The average Bonchev–Trinajstić information content (AvgIpc) is 2.39. The van der Waals surface area contributed by atoms with Crippen LogP contribution in [-0.4, -0.2) is 25.0 Å². The van der Waals surface area contributed by atoms with Crippen LogP contribution in [0.15, 0.2) is 0 Å². The van der Waals surface area contributed by atoms with Gasteiger partial charge in [-0.25, -0.2) is 4.79 Å². The molecule has 1 amide bonds. The van der Waals surface area contributed by atoms with E-state index in [4.69, 9.17) is 4.74 Å². The van der Waals surface area contributed by atoms with Crippen molar-refractivity contribution in [2.45, 2.75) is 78.2 Å². The van der Waals surface area contributed by atoms with E-state index in [0.717, 1.165) is 12.8 Å². The van der Waals surface area contributed by atoms with Gasteiger partial charge in [-0.15, -0.1) is 0 Å². The molecular formula is C16H31NO3. The van der Waals surface area contributed by atoms with Gasteiger partial charge in [-0.2, -0.15) is 0 Å². The number of esters is 1. The number of ether oxygens (including phenoxy) is 1. The summed E-state index contributed by atoms with van der Waals surface area (Å²) in [6.45, 7) is 6.17. The van der Waals surface area contributed by atoms with Crippen molar-refractivity contribution in [2.24, 2.45) is 5.92 Å². The van der Waals surface area contributed by atoms with Crippen LogP contribution in [0.25, 0.3) is 0 Å². The van der Waals surface area contributed by atoms with Gasteiger partial charge in [0.25, 0.3) is 0 Å². The SMILES string of the molecule is CCCCCCCC[C@H](NC(=O)CC(C)C)C(=O)OC. The fourth-order valence-electron chi connectivity index (χ4n) is 2.14. The van der Waals surface area contributed by atoms with Crippen LogP contribution >= 0.6 is 0 Å². The lowest BCUT2D eigenvalue weighted by Gasteiger charge is -2.17. The molecule has 118 valence electrons. The summed E-state index contributed by atoms with van der Waals surface area (Å²) in [4.78, 5) is 23.4. The first-order valence-electron chi connectivity index (χ1n) is 7.88. The molecule has 0 radical (unpaired) electrons. The van der Waals surface area contributed by atoms with Gasteiger partial charge < -0.3 is 10.1 Å². The molecule has 0 spiro atoms. The molecule has 0 fully saturated rings. The van der Waals surface area contributed by atoms with Crippen molar-refractivity contribution in [2.75, 3.05) is 7.11 Å². The number of carbonyl (C=O) groups is 2. The van der Waals surface area contributed by atoms with Gasteiger partial charge in [-0.1, -0.05) is 59.3 Å². The Morgan fingerprint density at radius 2 is 1.65 bits per heavy atom. The topological polar surface area (TPSA) is 55.4 Å². The highest BCUT2D eigenvalue weighted by Crippen LogP contribution is 2.10. The molecule has 1 atom stereocenters. The Morgan fingerprint density at radius 3 is 2.20 bits per heavy atom. The van der Waals surface area contributed by atoms with Gasteiger partial charge in [0.05, 0.1) is 7.11 Å². The van der Waals surface area contributed by atoms with Crippen molar-refractivity contribution in [1.82, 2.24) is 5.32 Å². The van der Waals surface area contributed by atoms with Crippen LogP contribution < -0.4 is 5.32 Å². The lowest BCUT2D eigenvalue weighted by atomic mass is 10.0. The number of unbranched alkanes of at least 4 members (excludes halogenated alkanes) is 5. The van der Waals surface area contributed by atoms with E-state index in [1.807, 2.05) is 13.8 Å². The maximum Gasteiger partial charge on any atom is 0.328 e. The molecule has 0 aromatic rings. The standard InChI is InChI=1S/C16H31NO3/c1-5-6-7-8-9-10-11-14(16(19)20-4)17-15(18)12-13(2)3/h13-14H,5-12H2,1-4H3,(H,17,18)/t14-/m0/s1. The third-order valence-electron chi connectivity index (χ3n) is 3.26. The summed E-state index contributed by atoms with van der Waals surface area (Å²) in [7, 11) is 1.37. The fraction of sp³-hybridized carbons (Fsp3) is 0.875. The minimum Gasteiger partial charge on any atom is -0.467 e. The monoisotopic (exact) mass is 285 g/mol. The van der Waals surface area contributed by atoms with Gasteiger partial charge in [0.15, 0.2) is 0 Å². The van der Waals surface area contributed by atoms with Crippen LogP contribution in [0.4, 0.5) is 0 Å². The molecule has 0 aliphatic rings. The zero-order chi connectivity index (χ0) is 15.4. The van der Waals surface area contributed by atoms with Gasteiger partial charge in [-0.05, 0) is 12.3 Å². The second-order valence-electron chi connectivity index (χ2n) is 5.80. The van der Waals surface area contributed by atoms with E-state index in [0.29, 0.717) is 18.8 Å². The lowest BCUT2D eigenvalue weighted by molar-refractivity contribution is -0.145. The summed E-state index contributed by atoms with van der Waals surface area (Å²) in [5.74, 6) is -0.112. The summed E-state index contributed by atoms with van der Waals surface area (Å²) < 4.78 is 4.76. The first-order valence-corrected chi connectivity index (χ1v) is 7.88. The van der Waals surface area contributed by atoms with Crippen molar-refractivity contribution in [3.8, 4) is 0 Å². The molecule has 0 saturated heterocycles. The summed E-state index contributed by atoms with van der Waals surface area (Å²) in [5, 5.41) is 2.79. The number of amides is 1. The third kappa shape index (κ3) is 9.82. The fourth-order valence-corrected chi connectivity index (χ4v) is 2.14. The van der Waals surface area contributed by atoms with Crippen LogP contribution in [0, 0.1) is 5.92 Å². The van der Waals surface area contributed by atoms with Gasteiger partial charge in [0.1, 0.15) is 6.04 Å². The largest absolute Gasteiger partial charge is 0.467 e. The Labute approximate surface area is 123 Å². The molecule has 0 heterocycles. The molecule has 0 aliphatic carbocycles. The minimum absolute atomic E-state index is 0.0682. The van der Waals surface area contributed by atoms with Gasteiger partial charge >= 0.3 is 5.97 Å². The number of hydrogen-bond donors (Lipinski definition) is 1. The number of methoxy groups -OCH3 is 1. The van der Waals surface area contributed by atoms with Gasteiger partial charge in [-0.3, -0.25) is 4.79 Å². The molecule has 4 heteroatoms. The summed E-state index contributed by atoms with van der Waals surface area (Å²) >= 11 is 0. The zero-order valence-corrected chi connectivity index (χ0v) is 13.5. The van der Waals surface area contributed by atoms with Crippen molar-refractivity contribution < 1.29 is 14.3 Å². The Hall–Kier alpha value is -1.06. The predicted molar refractivity (Wildman–Crippen MR) is 81.4 cm³/mol. The van der Waals surface area contributed by atoms with Crippen LogP contribution in [0.3, 0.4) is 0 Å². The van der Waals surface area contributed by atoms with Crippen molar-refractivity contribution in [3.05, 3.63) is 0 Å². The summed E-state index contributed by atoms with van der Waals surface area (Å²) in [6.07, 6.45) is 8.12. The van der Waals surface area contributed by atoms with Crippen molar-refractivity contribution in [3.63, 3.8) is 0 Å². The smallest absolute Gasteiger partial charge is 0.328 e. The third-order valence-corrected chi connectivity index (χ3v) is 3.26. The molecule has 0 rings (SSSR count). The second-order valence-corrected chi connectivity index (χ2v) is 5.80. The number of hydrogen-bond acceptors (Lipinski definition) is 3. The summed E-state index contributed by atoms with van der Waals surface area (Å²) in [6, 6.07) is -0.488. The first-order chi connectivity index (χ1) is 9.51. The van der Waals surface area contributed by atoms with Crippen LogP contribution in [0.2, 0.25) is 0 Å². The van der Waals surface area contributed by atoms with E-state index in [1.165, 1.54) is 32.8 Å². The Kier molecular flexibility index (Phi) is 11.1. The molecule has 0 aromatic heterocycles. The maximum atomic E-state index is 11.7. The van der Waals surface area contributed by atoms with Crippen molar-refractivity contribution >= 4 is 11.9 Å². The highest BCUT2D eigenvalue weighted by molar-refractivity contribution is 5.84. The normalized spacial score (nSPS) is 12.2. The van der Waals surface area contributed by atoms with Crippen molar-refractivity contribution in [1.29, 1.82) is 0 Å². The zero-order valence-electron chi connectivity index (χ0n) is 13.5. The van der Waals surface area contributed by atoms with E-state index in [9.17, 15) is 9.59 Å². The molecular weight excluding hydrogens is 254 g/mol. The first kappa shape index (κ1) is 18.9. The highest BCUT2D eigenvalue weighted by Gasteiger charge is 2.21. The number of carbonyl (C=O) groups excluding carboxylic acids is 2. The molecule has 0 unspecified atom stereocenters. The van der Waals surface area contributed by atoms with Crippen LogP contribution in [0.5, 0.6) is 0 Å². The molecule has 1 N–H and O–H groups in total. The predicted octanol–water partition coefficient (Wildman–Crippen LogP) is 3.44. The Bertz CT molecular complexity index is 277. The molecule has 4 nitrogen and oxygen atoms in total. The van der Waals surface area contributed by atoms with E-state index in [2.05, 4.69) is 12.2 Å². The molecule has 0 bridgehead atoms. The van der Waals surface area contributed by atoms with E-state index in [-0.39, 0.29) is 11.9 Å². The van der Waals surface area contributed by atoms with E-state index in [1.54, 1.807) is 0 Å². The van der Waals surface area contributed by atoms with Gasteiger partial charge in [0, 0.05) is 6.42 Å². The molecule has 0 aliphatic heterocycles. The molecule has 0 saturated carbocycles. The maximum absolute atomic E-state index is 11.7. The van der Waals surface area contributed by atoms with Crippen LogP contribution in [0.1, 0.15) is 72.1 Å². The quantitative estimate of drug-likeness (QED) is 0.467. The number of rotatable bonds is 11. The number of nitrogens with one attached hydrogen (secondary N) is 1. The average molecular weight is 285 g/mol. The Morgan fingerprint density at radius 1 is 1.05 bits per heavy atom. The molecule has 0 aromatic carbocycles. The summed E-state index contributed by atoms with van der Waals surface area (Å²) in [5.41, 5.74) is 0. The Balaban J connectivity index is 4.03. The lowest BCUT2D eigenvalue weighted by Crippen LogP contribution is -2.41. The van der Waals surface area contributed by atoms with E-state index < -0.39 is 6.04 Å². The molecule has 20 heavy (non-hydrogen) atoms. The van der Waals surface area contributed by atoms with Crippen LogP contribution in [-0.2, 0) is 14.3 Å². The van der Waals surface area contributed by atoms with E-state index >= 15 is 0 Å².